The minimum Gasteiger partial charge on any atom is -0.495 e. The Bertz CT molecular complexity index is 828. The maximum absolute atomic E-state index is 11.7. The number of sulfonamides is 1. The number of hydrogen-bond acceptors (Lipinski definition) is 5. The van der Waals surface area contributed by atoms with Gasteiger partial charge in [-0.1, -0.05) is 12.1 Å². The highest BCUT2D eigenvalue weighted by Gasteiger charge is 2.15. The number of nitrogens with one attached hydrogen (secondary N) is 1. The molecule has 2 rings (SSSR count). The first kappa shape index (κ1) is 18.2. The number of nitrogens with two attached hydrogens (primary N) is 1. The van der Waals surface area contributed by atoms with Gasteiger partial charge in [0.2, 0.25) is 15.9 Å². The van der Waals surface area contributed by atoms with Gasteiger partial charge in [-0.15, -0.1) is 11.3 Å². The Kier molecular flexibility index (Phi) is 6.13. The molecule has 0 spiro atoms. The Morgan fingerprint density at radius 3 is 2.79 bits per heavy atom. The van der Waals surface area contributed by atoms with Crippen molar-refractivity contribution in [3.8, 4) is 5.75 Å². The van der Waals surface area contributed by atoms with Crippen LogP contribution in [0.4, 0.5) is 0 Å². The molecule has 1 heterocycles. The molecule has 2 aromatic rings. The summed E-state index contributed by atoms with van der Waals surface area (Å²) in [6.07, 6.45) is 3.69. The average Bonchev–Trinajstić information content (AvgIpc) is 3.05. The van der Waals surface area contributed by atoms with E-state index in [1.54, 1.807) is 29.5 Å². The highest BCUT2D eigenvalue weighted by Crippen LogP contribution is 2.23. The predicted molar refractivity (Wildman–Crippen MR) is 94.4 cm³/mol. The largest absolute Gasteiger partial charge is 0.495 e. The Hall–Kier alpha value is -2.16. The SMILES string of the molecule is COc1ccc(CCNC(=O)/C=C/c2cccs2)cc1S(N)(=O)=O. The van der Waals surface area contributed by atoms with Crippen LogP contribution >= 0.6 is 11.3 Å². The molecule has 128 valence electrons. The van der Waals surface area contributed by atoms with Crippen molar-refractivity contribution in [2.45, 2.75) is 11.3 Å². The molecule has 6 nitrogen and oxygen atoms in total. The summed E-state index contributed by atoms with van der Waals surface area (Å²) in [4.78, 5) is 12.7. The summed E-state index contributed by atoms with van der Waals surface area (Å²) in [7, 11) is -2.49. The number of rotatable bonds is 7. The van der Waals surface area contributed by atoms with Crippen molar-refractivity contribution in [2.75, 3.05) is 13.7 Å². The van der Waals surface area contributed by atoms with Gasteiger partial charge in [-0.25, -0.2) is 13.6 Å². The van der Waals surface area contributed by atoms with Gasteiger partial charge in [0, 0.05) is 17.5 Å². The summed E-state index contributed by atoms with van der Waals surface area (Å²) in [5.74, 6) is -0.00671. The van der Waals surface area contributed by atoms with E-state index in [2.05, 4.69) is 5.32 Å². The molecule has 0 unspecified atom stereocenters. The first-order chi connectivity index (χ1) is 11.4. The van der Waals surface area contributed by atoms with Gasteiger partial charge in [0.15, 0.2) is 0 Å². The molecule has 0 radical (unpaired) electrons. The third kappa shape index (κ3) is 5.19. The molecule has 1 amide bonds. The standard InChI is InChI=1S/C16H18N2O4S2/c1-22-14-6-4-12(11-15(14)24(17,20)21)8-9-18-16(19)7-5-13-3-2-10-23-13/h2-7,10-11H,8-9H2,1H3,(H,18,19)(H2,17,20,21)/b7-5+. The van der Waals surface area contributed by atoms with Gasteiger partial charge in [0.1, 0.15) is 10.6 Å². The lowest BCUT2D eigenvalue weighted by atomic mass is 10.1. The molecule has 0 aliphatic heterocycles. The van der Waals surface area contributed by atoms with Gasteiger partial charge in [-0.3, -0.25) is 4.79 Å². The monoisotopic (exact) mass is 366 g/mol. The topological polar surface area (TPSA) is 98.5 Å². The summed E-state index contributed by atoms with van der Waals surface area (Å²) in [6, 6.07) is 8.58. The van der Waals surface area contributed by atoms with E-state index in [4.69, 9.17) is 9.88 Å². The number of benzene rings is 1. The van der Waals surface area contributed by atoms with Crippen molar-refractivity contribution in [1.82, 2.24) is 5.32 Å². The van der Waals surface area contributed by atoms with Crippen LogP contribution in [0.5, 0.6) is 5.75 Å². The summed E-state index contributed by atoms with van der Waals surface area (Å²) in [5.41, 5.74) is 0.738. The summed E-state index contributed by atoms with van der Waals surface area (Å²) in [6.45, 7) is 0.379. The fourth-order valence-electron chi connectivity index (χ4n) is 2.03. The fraction of sp³-hybridized carbons (Fsp3) is 0.188. The molecule has 0 saturated carbocycles. The Morgan fingerprint density at radius 1 is 1.38 bits per heavy atom. The second-order valence-corrected chi connectivity index (χ2v) is 7.43. The third-order valence-electron chi connectivity index (χ3n) is 3.19. The zero-order chi connectivity index (χ0) is 17.6. The van der Waals surface area contributed by atoms with Crippen molar-refractivity contribution in [1.29, 1.82) is 0 Å². The fourth-order valence-corrected chi connectivity index (χ4v) is 3.40. The van der Waals surface area contributed by atoms with Gasteiger partial charge in [-0.05, 0) is 41.6 Å². The van der Waals surface area contributed by atoms with Crippen LogP contribution in [0, 0.1) is 0 Å². The molecular weight excluding hydrogens is 348 g/mol. The lowest BCUT2D eigenvalue weighted by molar-refractivity contribution is -0.116. The van der Waals surface area contributed by atoms with Crippen LogP contribution in [0.2, 0.25) is 0 Å². The van der Waals surface area contributed by atoms with Crippen LogP contribution in [0.1, 0.15) is 10.4 Å². The van der Waals surface area contributed by atoms with Gasteiger partial charge in [-0.2, -0.15) is 0 Å². The van der Waals surface area contributed by atoms with E-state index in [1.807, 2.05) is 17.5 Å². The summed E-state index contributed by atoms with van der Waals surface area (Å²) < 4.78 is 28.1. The second kappa shape index (κ2) is 8.09. The van der Waals surface area contributed by atoms with Gasteiger partial charge < -0.3 is 10.1 Å². The van der Waals surface area contributed by atoms with Gasteiger partial charge in [0.05, 0.1) is 7.11 Å². The predicted octanol–water partition coefficient (Wildman–Crippen LogP) is 1.78. The van der Waals surface area contributed by atoms with Crippen molar-refractivity contribution >= 4 is 33.3 Å². The van der Waals surface area contributed by atoms with Crippen LogP contribution < -0.4 is 15.2 Å². The second-order valence-electron chi connectivity index (χ2n) is 4.92. The summed E-state index contributed by atoms with van der Waals surface area (Å²) >= 11 is 1.55. The molecule has 0 aliphatic carbocycles. The van der Waals surface area contributed by atoms with Crippen LogP contribution in [0.15, 0.2) is 46.7 Å². The molecule has 0 fully saturated rings. The van der Waals surface area contributed by atoms with Gasteiger partial charge in [0.25, 0.3) is 0 Å². The third-order valence-corrected chi connectivity index (χ3v) is 4.96. The average molecular weight is 366 g/mol. The Morgan fingerprint density at radius 2 is 2.17 bits per heavy atom. The highest BCUT2D eigenvalue weighted by atomic mass is 32.2. The first-order valence-corrected chi connectivity index (χ1v) is 9.52. The molecule has 1 aromatic heterocycles. The molecule has 0 aliphatic rings. The summed E-state index contributed by atoms with van der Waals surface area (Å²) in [5, 5.41) is 9.86. The Labute approximate surface area is 145 Å². The number of carbonyl (C=O) groups excluding carboxylic acids is 1. The maximum Gasteiger partial charge on any atom is 0.244 e. The zero-order valence-corrected chi connectivity index (χ0v) is 14.7. The number of carbonyl (C=O) groups is 1. The molecule has 24 heavy (non-hydrogen) atoms. The normalized spacial score (nSPS) is 11.6. The minimum atomic E-state index is -3.87. The van der Waals surface area contributed by atoms with Crippen LogP contribution in [-0.4, -0.2) is 28.0 Å². The number of methoxy groups -OCH3 is 1. The van der Waals surface area contributed by atoms with E-state index in [0.717, 1.165) is 10.4 Å². The number of ether oxygens (including phenoxy) is 1. The molecule has 0 saturated heterocycles. The van der Waals surface area contributed by atoms with Crippen molar-refractivity contribution < 1.29 is 17.9 Å². The van der Waals surface area contributed by atoms with E-state index in [9.17, 15) is 13.2 Å². The van der Waals surface area contributed by atoms with Crippen LogP contribution in [0.25, 0.3) is 6.08 Å². The van der Waals surface area contributed by atoms with Crippen LogP contribution in [-0.2, 0) is 21.2 Å². The number of primary sulfonamides is 1. The number of hydrogen-bond donors (Lipinski definition) is 2. The van der Waals surface area contributed by atoms with Crippen LogP contribution in [0.3, 0.4) is 0 Å². The molecule has 0 atom stereocenters. The molecule has 1 aromatic carbocycles. The number of thiophene rings is 1. The Balaban J connectivity index is 1.94. The molecule has 3 N–H and O–H groups in total. The lowest BCUT2D eigenvalue weighted by Crippen LogP contribution is -2.23. The van der Waals surface area contributed by atoms with E-state index < -0.39 is 10.0 Å². The smallest absolute Gasteiger partial charge is 0.244 e. The van der Waals surface area contributed by atoms with E-state index in [1.165, 1.54) is 19.3 Å². The molecule has 0 bridgehead atoms. The quantitative estimate of drug-likeness (QED) is 0.730. The van der Waals surface area contributed by atoms with E-state index in [-0.39, 0.29) is 16.6 Å². The van der Waals surface area contributed by atoms with Gasteiger partial charge >= 0.3 is 0 Å². The van der Waals surface area contributed by atoms with Crippen molar-refractivity contribution in [2.24, 2.45) is 5.14 Å². The molecule has 8 heteroatoms. The van der Waals surface area contributed by atoms with Crippen molar-refractivity contribution in [3.63, 3.8) is 0 Å². The first-order valence-electron chi connectivity index (χ1n) is 7.09. The minimum absolute atomic E-state index is 0.0635. The molecular formula is C16H18N2O4S2. The highest BCUT2D eigenvalue weighted by molar-refractivity contribution is 7.89. The van der Waals surface area contributed by atoms with E-state index >= 15 is 0 Å². The van der Waals surface area contributed by atoms with Crippen molar-refractivity contribution in [3.05, 3.63) is 52.2 Å². The maximum atomic E-state index is 11.7. The number of amides is 1. The lowest BCUT2D eigenvalue weighted by Gasteiger charge is -2.09. The zero-order valence-electron chi connectivity index (χ0n) is 13.1. The van der Waals surface area contributed by atoms with E-state index in [0.29, 0.717) is 13.0 Å².